The number of benzene rings is 1. The van der Waals surface area contributed by atoms with Crippen LogP contribution in [0.15, 0.2) is 18.2 Å². The van der Waals surface area contributed by atoms with Crippen molar-refractivity contribution in [1.82, 2.24) is 10.2 Å². The molecule has 1 aliphatic carbocycles. The van der Waals surface area contributed by atoms with E-state index in [0.717, 1.165) is 25.9 Å². The number of nitrogens with zero attached hydrogens (tertiary/aromatic N) is 2. The van der Waals surface area contributed by atoms with Crippen molar-refractivity contribution in [2.24, 2.45) is 0 Å². The summed E-state index contributed by atoms with van der Waals surface area (Å²) in [5.41, 5.74) is 0.146. The lowest BCUT2D eigenvalue weighted by Crippen LogP contribution is -2.58. The van der Waals surface area contributed by atoms with Gasteiger partial charge in [-0.1, -0.05) is 25.7 Å². The first-order chi connectivity index (χ1) is 13.1. The third kappa shape index (κ3) is 4.40. The second-order valence-electron chi connectivity index (χ2n) is 7.66. The van der Waals surface area contributed by atoms with E-state index in [0.29, 0.717) is 12.1 Å². The zero-order valence-electron chi connectivity index (χ0n) is 16.0. The van der Waals surface area contributed by atoms with Crippen molar-refractivity contribution in [2.45, 2.75) is 56.9 Å². The number of carbonyl (C=O) groups is 1. The molecule has 2 fully saturated rings. The number of amides is 1. The molecule has 1 N–H and O–H groups in total. The number of ether oxygens (including phenoxy) is 1. The van der Waals surface area contributed by atoms with E-state index in [1.165, 1.54) is 57.8 Å². The Morgan fingerprint density at radius 1 is 1.19 bits per heavy atom. The lowest BCUT2D eigenvalue weighted by atomic mass is 9.79. The van der Waals surface area contributed by atoms with Crippen LogP contribution in [0.4, 0.5) is 5.69 Å². The molecule has 0 atom stereocenters. The van der Waals surface area contributed by atoms with Crippen LogP contribution in [0, 0.1) is 10.1 Å². The fourth-order valence-corrected chi connectivity index (χ4v) is 4.50. The molecule has 0 bridgehead atoms. The minimum absolute atomic E-state index is 0.0345. The number of hydrogen-bond acceptors (Lipinski definition) is 5. The highest BCUT2D eigenvalue weighted by molar-refractivity contribution is 5.95. The van der Waals surface area contributed by atoms with Crippen molar-refractivity contribution in [1.29, 1.82) is 0 Å². The van der Waals surface area contributed by atoms with Crippen molar-refractivity contribution in [2.75, 3.05) is 26.7 Å². The van der Waals surface area contributed by atoms with E-state index in [2.05, 4.69) is 10.2 Å². The van der Waals surface area contributed by atoms with Gasteiger partial charge in [0.2, 0.25) is 0 Å². The highest BCUT2D eigenvalue weighted by Crippen LogP contribution is 2.35. The van der Waals surface area contributed by atoms with Crippen LogP contribution in [0.5, 0.6) is 5.75 Å². The Morgan fingerprint density at radius 2 is 1.85 bits per heavy atom. The molecule has 1 aromatic rings. The molecule has 1 saturated heterocycles. The molecule has 1 aliphatic heterocycles. The van der Waals surface area contributed by atoms with E-state index in [1.54, 1.807) is 6.07 Å². The molecule has 1 amide bonds. The molecular formula is C20H29N3O4. The smallest absolute Gasteiger partial charge is 0.311 e. The van der Waals surface area contributed by atoms with E-state index in [9.17, 15) is 14.9 Å². The molecule has 2 aliphatic rings. The highest BCUT2D eigenvalue weighted by atomic mass is 16.6. The van der Waals surface area contributed by atoms with Gasteiger partial charge in [-0.2, -0.15) is 0 Å². The summed E-state index contributed by atoms with van der Waals surface area (Å²) in [6, 6.07) is 4.35. The second-order valence-corrected chi connectivity index (χ2v) is 7.66. The second kappa shape index (κ2) is 8.69. The molecule has 0 unspecified atom stereocenters. The van der Waals surface area contributed by atoms with Crippen LogP contribution in [0.1, 0.15) is 61.7 Å². The van der Waals surface area contributed by atoms with Gasteiger partial charge in [-0.05, 0) is 50.9 Å². The first kappa shape index (κ1) is 19.6. The van der Waals surface area contributed by atoms with Gasteiger partial charge in [-0.3, -0.25) is 19.8 Å². The maximum atomic E-state index is 12.7. The summed E-state index contributed by atoms with van der Waals surface area (Å²) >= 11 is 0. The van der Waals surface area contributed by atoms with Gasteiger partial charge >= 0.3 is 5.69 Å². The topological polar surface area (TPSA) is 84.7 Å². The van der Waals surface area contributed by atoms with Crippen LogP contribution < -0.4 is 10.1 Å². The maximum Gasteiger partial charge on any atom is 0.311 e. The Balaban J connectivity index is 1.72. The largest absolute Gasteiger partial charge is 0.490 e. The first-order valence-corrected chi connectivity index (χ1v) is 9.91. The summed E-state index contributed by atoms with van der Waals surface area (Å²) < 4.78 is 5.01. The summed E-state index contributed by atoms with van der Waals surface area (Å²) in [4.78, 5) is 26.0. The van der Waals surface area contributed by atoms with Gasteiger partial charge < -0.3 is 10.1 Å². The average Bonchev–Trinajstić information content (AvgIpc) is 2.72. The fourth-order valence-electron chi connectivity index (χ4n) is 4.50. The Hall–Kier alpha value is -2.15. The molecule has 7 heteroatoms. The fraction of sp³-hybridized carbons (Fsp3) is 0.650. The highest BCUT2D eigenvalue weighted by Gasteiger charge is 2.38. The monoisotopic (exact) mass is 375 g/mol. The van der Waals surface area contributed by atoms with Crippen molar-refractivity contribution < 1.29 is 14.5 Å². The Kier molecular flexibility index (Phi) is 6.31. The minimum atomic E-state index is -0.522. The molecule has 1 aromatic carbocycles. The van der Waals surface area contributed by atoms with Crippen molar-refractivity contribution in [3.63, 3.8) is 0 Å². The number of carbonyl (C=O) groups excluding carboxylic acids is 1. The predicted molar refractivity (Wildman–Crippen MR) is 103 cm³/mol. The van der Waals surface area contributed by atoms with Crippen molar-refractivity contribution >= 4 is 11.6 Å². The number of rotatable bonds is 6. The lowest BCUT2D eigenvalue weighted by molar-refractivity contribution is -0.385. The SMILES string of the molecule is COc1ccc(C(=O)NCC2(N3CCCCC3)CCCCC2)cc1[N+](=O)[O-]. The Labute approximate surface area is 160 Å². The van der Waals surface area contributed by atoms with E-state index in [-0.39, 0.29) is 22.9 Å². The summed E-state index contributed by atoms with van der Waals surface area (Å²) in [6.07, 6.45) is 9.59. The standard InChI is InChI=1S/C20H29N3O4/c1-27-18-9-8-16(14-17(18)23(25)26)19(24)21-15-20(10-4-2-5-11-20)22-12-6-3-7-13-22/h8-9,14H,2-7,10-13,15H2,1H3,(H,21,24). The van der Waals surface area contributed by atoms with Gasteiger partial charge in [-0.15, -0.1) is 0 Å². The number of methoxy groups -OCH3 is 1. The van der Waals surface area contributed by atoms with Crippen molar-refractivity contribution in [3.05, 3.63) is 33.9 Å². The number of nitro groups is 1. The Morgan fingerprint density at radius 3 is 2.48 bits per heavy atom. The number of likely N-dealkylation sites (tertiary alicyclic amines) is 1. The molecule has 0 aromatic heterocycles. The average molecular weight is 375 g/mol. The quantitative estimate of drug-likeness (QED) is 0.607. The molecule has 148 valence electrons. The molecule has 0 radical (unpaired) electrons. The van der Waals surface area contributed by atoms with Crippen LogP contribution in [0.25, 0.3) is 0 Å². The normalized spacial score (nSPS) is 20.0. The van der Waals surface area contributed by atoms with Gasteiger partial charge in [0, 0.05) is 23.7 Å². The van der Waals surface area contributed by atoms with Gasteiger partial charge in [0.15, 0.2) is 5.75 Å². The predicted octanol–water partition coefficient (Wildman–Crippen LogP) is 3.52. The summed E-state index contributed by atoms with van der Waals surface area (Å²) in [6.45, 7) is 2.80. The number of nitrogens with one attached hydrogen (secondary N) is 1. The number of hydrogen-bond donors (Lipinski definition) is 1. The van der Waals surface area contributed by atoms with Crippen molar-refractivity contribution in [3.8, 4) is 5.75 Å². The molecule has 7 nitrogen and oxygen atoms in total. The third-order valence-electron chi connectivity index (χ3n) is 6.03. The van der Waals surface area contributed by atoms with Crippen LogP contribution in [0.3, 0.4) is 0 Å². The van der Waals surface area contributed by atoms with E-state index < -0.39 is 4.92 Å². The zero-order chi connectivity index (χ0) is 19.3. The zero-order valence-corrected chi connectivity index (χ0v) is 16.0. The summed E-state index contributed by atoms with van der Waals surface area (Å²) in [5, 5.41) is 14.3. The molecule has 1 saturated carbocycles. The molecule has 1 heterocycles. The maximum absolute atomic E-state index is 12.7. The van der Waals surface area contributed by atoms with Gasteiger partial charge in [0.05, 0.1) is 12.0 Å². The van der Waals surface area contributed by atoms with E-state index >= 15 is 0 Å². The van der Waals surface area contributed by atoms with Crippen LogP contribution in [0.2, 0.25) is 0 Å². The Bertz CT molecular complexity index is 680. The van der Waals surface area contributed by atoms with E-state index in [4.69, 9.17) is 4.74 Å². The van der Waals surface area contributed by atoms with Crippen LogP contribution >= 0.6 is 0 Å². The summed E-state index contributed by atoms with van der Waals surface area (Å²) in [5.74, 6) is -0.101. The van der Waals surface area contributed by atoms with Crippen LogP contribution in [-0.4, -0.2) is 48.0 Å². The lowest BCUT2D eigenvalue weighted by Gasteiger charge is -2.48. The van der Waals surface area contributed by atoms with Gasteiger partial charge in [0.25, 0.3) is 5.91 Å². The van der Waals surface area contributed by atoms with Crippen LogP contribution in [-0.2, 0) is 0 Å². The molecule has 27 heavy (non-hydrogen) atoms. The minimum Gasteiger partial charge on any atom is -0.490 e. The first-order valence-electron chi connectivity index (χ1n) is 9.91. The molecular weight excluding hydrogens is 346 g/mol. The van der Waals surface area contributed by atoms with Gasteiger partial charge in [0.1, 0.15) is 0 Å². The van der Waals surface area contributed by atoms with E-state index in [1.807, 2.05) is 0 Å². The number of nitro benzene ring substituents is 1. The summed E-state index contributed by atoms with van der Waals surface area (Å²) in [7, 11) is 1.38. The third-order valence-corrected chi connectivity index (χ3v) is 6.03. The number of piperidine rings is 1. The van der Waals surface area contributed by atoms with Gasteiger partial charge in [-0.25, -0.2) is 0 Å². The molecule has 0 spiro atoms. The molecule has 3 rings (SSSR count).